The number of hydrazone groups is 1. The summed E-state index contributed by atoms with van der Waals surface area (Å²) in [7, 11) is 0. The Kier molecular flexibility index (Phi) is 9.30. The molecule has 2 N–H and O–H groups in total. The van der Waals surface area contributed by atoms with Gasteiger partial charge in [-0.15, -0.1) is 0 Å². The zero-order chi connectivity index (χ0) is 17.1. The first kappa shape index (κ1) is 19.4. The number of aliphatic imine (C=N–C) groups is 1. The van der Waals surface area contributed by atoms with Gasteiger partial charge in [-0.2, -0.15) is 5.10 Å². The monoisotopic (exact) mass is 333 g/mol. The lowest BCUT2D eigenvalue weighted by Crippen LogP contribution is -2.07. The Morgan fingerprint density at radius 1 is 1.35 bits per heavy atom. The first-order chi connectivity index (χ1) is 11.1. The molecule has 0 aromatic carbocycles. The second-order valence-corrected chi connectivity index (χ2v) is 6.22. The fourth-order valence-electron chi connectivity index (χ4n) is 2.51. The van der Waals surface area contributed by atoms with Crippen LogP contribution in [0.3, 0.4) is 0 Å². The first-order valence-electron chi connectivity index (χ1n) is 8.29. The zero-order valence-electron chi connectivity index (χ0n) is 14.5. The molecule has 1 aliphatic carbocycles. The summed E-state index contributed by atoms with van der Waals surface area (Å²) >= 11 is 6.09. The summed E-state index contributed by atoms with van der Waals surface area (Å²) in [5.41, 5.74) is 3.46. The molecule has 4 heteroatoms. The van der Waals surface area contributed by atoms with Gasteiger partial charge in [0.25, 0.3) is 0 Å². The fraction of sp³-hybridized carbons (Fsp3) is 0.474. The molecule has 0 unspecified atom stereocenters. The number of nitrogens with zero attached hydrogens (tertiary/aromatic N) is 2. The van der Waals surface area contributed by atoms with E-state index in [1.807, 2.05) is 32.1 Å². The Morgan fingerprint density at radius 2 is 2.13 bits per heavy atom. The third-order valence-corrected chi connectivity index (χ3v) is 3.93. The first-order valence-corrected chi connectivity index (χ1v) is 8.66. The molecule has 0 aromatic rings. The number of halogens is 1. The molecule has 0 radical (unpaired) electrons. The van der Waals surface area contributed by atoms with Crippen molar-refractivity contribution in [2.45, 2.75) is 59.3 Å². The normalized spacial score (nSPS) is 18.0. The van der Waals surface area contributed by atoms with E-state index in [1.165, 1.54) is 5.57 Å². The maximum Gasteiger partial charge on any atom is 0.174 e. The summed E-state index contributed by atoms with van der Waals surface area (Å²) in [6, 6.07) is 0. The third kappa shape index (κ3) is 7.47. The summed E-state index contributed by atoms with van der Waals surface area (Å²) in [5.74, 6) is 6.19. The molecule has 126 valence electrons. The molecule has 0 heterocycles. The molecule has 0 aliphatic heterocycles. The second kappa shape index (κ2) is 11.0. The van der Waals surface area contributed by atoms with Crippen molar-refractivity contribution in [3.8, 4) is 0 Å². The largest absolute Gasteiger partial charge is 0.321 e. The highest BCUT2D eigenvalue weighted by Gasteiger charge is 2.10. The minimum Gasteiger partial charge on any atom is -0.321 e. The minimum absolute atomic E-state index is 0.618. The Morgan fingerprint density at radius 3 is 2.78 bits per heavy atom. The molecule has 0 bridgehead atoms. The number of nitrogens with two attached hydrogens (primary N) is 1. The smallest absolute Gasteiger partial charge is 0.174 e. The highest BCUT2D eigenvalue weighted by molar-refractivity contribution is 6.29. The van der Waals surface area contributed by atoms with Crippen LogP contribution in [0.5, 0.6) is 0 Å². The maximum absolute atomic E-state index is 6.09. The van der Waals surface area contributed by atoms with Gasteiger partial charge >= 0.3 is 0 Å². The summed E-state index contributed by atoms with van der Waals surface area (Å²) < 4.78 is 0. The third-order valence-electron chi connectivity index (χ3n) is 3.61. The van der Waals surface area contributed by atoms with E-state index in [1.54, 1.807) is 0 Å². The van der Waals surface area contributed by atoms with Crippen molar-refractivity contribution >= 4 is 23.1 Å². The Hall–Kier alpha value is -1.61. The lowest BCUT2D eigenvalue weighted by molar-refractivity contribution is 0.850. The van der Waals surface area contributed by atoms with E-state index in [0.29, 0.717) is 5.84 Å². The summed E-state index contributed by atoms with van der Waals surface area (Å²) in [4.78, 5) is 4.65. The van der Waals surface area contributed by atoms with E-state index >= 15 is 0 Å². The predicted molar refractivity (Wildman–Crippen MR) is 103 cm³/mol. The molecule has 23 heavy (non-hydrogen) atoms. The van der Waals surface area contributed by atoms with Gasteiger partial charge in [0.15, 0.2) is 5.84 Å². The Bertz CT molecular complexity index is 563. The van der Waals surface area contributed by atoms with E-state index in [0.717, 1.165) is 54.8 Å². The molecule has 0 fully saturated rings. The molecule has 0 atom stereocenters. The number of allylic oxidation sites excluding steroid dienone is 7. The lowest BCUT2D eigenvalue weighted by atomic mass is 10.0. The van der Waals surface area contributed by atoms with Crippen LogP contribution >= 0.6 is 11.6 Å². The van der Waals surface area contributed by atoms with Crippen molar-refractivity contribution in [2.24, 2.45) is 15.9 Å². The molecule has 0 saturated carbocycles. The number of amidine groups is 1. The minimum atomic E-state index is 0.618. The van der Waals surface area contributed by atoms with Crippen LogP contribution in [0.2, 0.25) is 0 Å². The van der Waals surface area contributed by atoms with Crippen LogP contribution in [0.25, 0.3) is 0 Å². The Labute approximate surface area is 145 Å². The lowest BCUT2D eigenvalue weighted by Gasteiger charge is -2.08. The van der Waals surface area contributed by atoms with Crippen molar-refractivity contribution in [1.82, 2.24) is 0 Å². The van der Waals surface area contributed by atoms with E-state index in [9.17, 15) is 0 Å². The Balaban J connectivity index is 2.88. The number of hydrogen-bond donors (Lipinski definition) is 1. The van der Waals surface area contributed by atoms with Crippen LogP contribution < -0.4 is 5.84 Å². The molecule has 0 saturated heterocycles. The predicted octanol–water partition coefficient (Wildman–Crippen LogP) is 5.65. The van der Waals surface area contributed by atoms with Gasteiger partial charge in [0.2, 0.25) is 0 Å². The van der Waals surface area contributed by atoms with Gasteiger partial charge in [0.05, 0.1) is 0 Å². The molecule has 1 rings (SSSR count). The van der Waals surface area contributed by atoms with Crippen LogP contribution in [0.4, 0.5) is 0 Å². The highest BCUT2D eigenvalue weighted by atomic mass is 35.5. The van der Waals surface area contributed by atoms with Crippen molar-refractivity contribution in [3.63, 3.8) is 0 Å². The molecular weight excluding hydrogens is 306 g/mol. The molecule has 3 nitrogen and oxygen atoms in total. The van der Waals surface area contributed by atoms with Gasteiger partial charge in [0, 0.05) is 17.2 Å². The van der Waals surface area contributed by atoms with Crippen LogP contribution in [-0.4, -0.2) is 11.5 Å². The van der Waals surface area contributed by atoms with Crippen LogP contribution in [0.15, 0.2) is 56.7 Å². The van der Waals surface area contributed by atoms with Crippen molar-refractivity contribution in [2.75, 3.05) is 0 Å². The number of hydrogen-bond acceptors (Lipinski definition) is 2. The molecule has 0 aromatic heterocycles. The topological polar surface area (TPSA) is 50.7 Å². The molecular formula is C19H28ClN3. The number of rotatable bonds is 6. The molecule has 0 spiro atoms. The van der Waals surface area contributed by atoms with E-state index < -0.39 is 0 Å². The highest BCUT2D eigenvalue weighted by Crippen LogP contribution is 2.22. The van der Waals surface area contributed by atoms with E-state index in [-0.39, 0.29) is 0 Å². The van der Waals surface area contributed by atoms with Gasteiger partial charge < -0.3 is 5.84 Å². The maximum atomic E-state index is 6.09. The van der Waals surface area contributed by atoms with Crippen LogP contribution in [0.1, 0.15) is 59.3 Å². The van der Waals surface area contributed by atoms with Crippen LogP contribution in [-0.2, 0) is 0 Å². The van der Waals surface area contributed by atoms with Gasteiger partial charge in [0.1, 0.15) is 0 Å². The standard InChI is InChI=1S/C19H28ClN3/c1-4-6-9-16(8-5-2)14-15(3)22-19(23-21)17-10-7-11-18(20)13-12-17/h4,6,9,12-13H,5,7-8,10-11,14,21H2,1-3H3/b6-4-,16-9+,22-15?,23-19-. The van der Waals surface area contributed by atoms with E-state index in [2.05, 4.69) is 29.2 Å². The van der Waals surface area contributed by atoms with Crippen molar-refractivity contribution in [3.05, 3.63) is 46.6 Å². The SMILES string of the molecule is C/C=C\C=C(/CCC)CC(C)=N/C(=N\N)C1=CC=C(Cl)CCC1. The summed E-state index contributed by atoms with van der Waals surface area (Å²) in [6.45, 7) is 6.25. The van der Waals surface area contributed by atoms with Gasteiger partial charge in [-0.25, -0.2) is 4.99 Å². The van der Waals surface area contributed by atoms with Gasteiger partial charge in [-0.3, -0.25) is 0 Å². The average Bonchev–Trinajstić information content (AvgIpc) is 2.75. The van der Waals surface area contributed by atoms with Crippen molar-refractivity contribution < 1.29 is 0 Å². The zero-order valence-corrected chi connectivity index (χ0v) is 15.2. The van der Waals surface area contributed by atoms with Crippen LogP contribution in [0, 0.1) is 0 Å². The van der Waals surface area contributed by atoms with Gasteiger partial charge in [-0.05, 0) is 51.2 Å². The van der Waals surface area contributed by atoms with E-state index in [4.69, 9.17) is 17.4 Å². The van der Waals surface area contributed by atoms with Crippen molar-refractivity contribution in [1.29, 1.82) is 0 Å². The van der Waals surface area contributed by atoms with Gasteiger partial charge in [-0.1, -0.05) is 54.8 Å². The summed E-state index contributed by atoms with van der Waals surface area (Å²) in [5, 5.41) is 4.76. The summed E-state index contributed by atoms with van der Waals surface area (Å²) in [6.07, 6.45) is 16.1. The molecule has 0 amide bonds. The quantitative estimate of drug-likeness (QED) is 0.221. The molecule has 1 aliphatic rings. The fourth-order valence-corrected chi connectivity index (χ4v) is 2.70. The second-order valence-electron chi connectivity index (χ2n) is 5.74. The average molecular weight is 334 g/mol.